The molecule has 0 aromatic carbocycles. The van der Waals surface area contributed by atoms with Crippen LogP contribution in [0.15, 0.2) is 21.7 Å². The highest BCUT2D eigenvalue weighted by atomic mass is 32.2. The van der Waals surface area contributed by atoms with Gasteiger partial charge in [-0.25, -0.2) is 22.5 Å². The molecule has 0 bridgehead atoms. The third-order valence-corrected chi connectivity index (χ3v) is 6.51. The van der Waals surface area contributed by atoms with E-state index in [1.807, 2.05) is 0 Å². The molecule has 0 aliphatic carbocycles. The molecule has 0 aliphatic rings. The molecule has 11 heteroatoms. The fraction of sp³-hybridized carbons (Fsp3) is 0.250. The van der Waals surface area contributed by atoms with Crippen LogP contribution in [0.2, 0.25) is 0 Å². The molecule has 0 fully saturated rings. The predicted molar refractivity (Wildman–Crippen MR) is 85.4 cm³/mol. The molecule has 0 saturated heterocycles. The minimum atomic E-state index is -3.71. The molecule has 2 heterocycles. The van der Waals surface area contributed by atoms with Crippen LogP contribution in [-0.2, 0) is 16.6 Å². The van der Waals surface area contributed by atoms with E-state index in [0.717, 1.165) is 27.0 Å². The zero-order valence-corrected chi connectivity index (χ0v) is 14.6. The number of carbonyl (C=O) groups excluding carboxylic acids is 1. The quantitative estimate of drug-likeness (QED) is 0.780. The number of hydrogen-bond acceptors (Lipinski definition) is 7. The van der Waals surface area contributed by atoms with Crippen molar-refractivity contribution in [2.75, 3.05) is 14.1 Å². The third-order valence-electron chi connectivity index (χ3n) is 2.76. The molecular weight excluding hydrogens is 362 g/mol. The zero-order chi connectivity index (χ0) is 17.2. The lowest BCUT2D eigenvalue weighted by molar-refractivity contribution is 0.0691. The maximum absolute atomic E-state index is 12.2. The number of carboxylic acids is 1. The lowest BCUT2D eigenvalue weighted by Crippen LogP contribution is -2.27. The summed E-state index contributed by atoms with van der Waals surface area (Å²) in [6.07, 6.45) is 0. The molecule has 0 aliphatic heterocycles. The second-order valence-electron chi connectivity index (χ2n) is 4.52. The van der Waals surface area contributed by atoms with Gasteiger partial charge in [-0.2, -0.15) is 0 Å². The molecule has 8 nitrogen and oxygen atoms in total. The number of nitrogens with zero attached hydrogens (tertiary/aromatic N) is 2. The molecule has 0 saturated carbocycles. The molecule has 0 radical (unpaired) electrons. The average molecular weight is 375 g/mol. The predicted octanol–water partition coefficient (Wildman–Crippen LogP) is 1.08. The molecule has 2 rings (SSSR count). The smallest absolute Gasteiger partial charge is 0.355 e. The minimum Gasteiger partial charge on any atom is -0.476 e. The summed E-state index contributed by atoms with van der Waals surface area (Å²) >= 11 is 2.12. The number of carbonyl (C=O) groups is 2. The SMILES string of the molecule is CN(C)S(=O)(=O)c1ccsc1C(=O)NCc1nc(C(=O)O)cs1. The Kier molecular flexibility index (Phi) is 5.14. The van der Waals surface area contributed by atoms with Gasteiger partial charge in [0.25, 0.3) is 5.91 Å². The van der Waals surface area contributed by atoms with Crippen molar-refractivity contribution < 1.29 is 23.1 Å². The molecule has 124 valence electrons. The van der Waals surface area contributed by atoms with E-state index in [2.05, 4.69) is 10.3 Å². The van der Waals surface area contributed by atoms with E-state index < -0.39 is 21.9 Å². The van der Waals surface area contributed by atoms with Crippen molar-refractivity contribution in [1.29, 1.82) is 0 Å². The Balaban J connectivity index is 2.13. The number of rotatable bonds is 6. The topological polar surface area (TPSA) is 117 Å². The molecule has 0 atom stereocenters. The van der Waals surface area contributed by atoms with Gasteiger partial charge < -0.3 is 10.4 Å². The molecule has 0 spiro atoms. The van der Waals surface area contributed by atoms with Crippen LogP contribution in [0.5, 0.6) is 0 Å². The van der Waals surface area contributed by atoms with Gasteiger partial charge in [-0.05, 0) is 11.4 Å². The Labute approximate surface area is 140 Å². The van der Waals surface area contributed by atoms with Crippen LogP contribution >= 0.6 is 22.7 Å². The number of aromatic nitrogens is 1. The Morgan fingerprint density at radius 3 is 2.61 bits per heavy atom. The van der Waals surface area contributed by atoms with Crippen LogP contribution in [-0.4, -0.2) is 48.8 Å². The van der Waals surface area contributed by atoms with Gasteiger partial charge in [0.05, 0.1) is 6.54 Å². The highest BCUT2D eigenvalue weighted by Crippen LogP contribution is 2.24. The molecular formula is C12H13N3O5S3. The summed E-state index contributed by atoms with van der Waals surface area (Å²) in [5, 5.41) is 14.7. The van der Waals surface area contributed by atoms with Crippen molar-refractivity contribution in [3.63, 3.8) is 0 Å². The number of thiophene rings is 1. The van der Waals surface area contributed by atoms with E-state index in [4.69, 9.17) is 5.11 Å². The van der Waals surface area contributed by atoms with Crippen molar-refractivity contribution >= 4 is 44.6 Å². The zero-order valence-electron chi connectivity index (χ0n) is 12.1. The highest BCUT2D eigenvalue weighted by molar-refractivity contribution is 7.89. The number of nitrogens with one attached hydrogen (secondary N) is 1. The van der Waals surface area contributed by atoms with Crippen LogP contribution in [0.3, 0.4) is 0 Å². The number of amides is 1. The van der Waals surface area contributed by atoms with Crippen LogP contribution in [0.1, 0.15) is 25.2 Å². The lowest BCUT2D eigenvalue weighted by atomic mass is 10.4. The van der Waals surface area contributed by atoms with Gasteiger partial charge in [0.15, 0.2) is 5.69 Å². The summed E-state index contributed by atoms with van der Waals surface area (Å²) in [7, 11) is -0.934. The van der Waals surface area contributed by atoms with Crippen LogP contribution in [0.4, 0.5) is 0 Å². The summed E-state index contributed by atoms with van der Waals surface area (Å²) in [4.78, 5) is 26.8. The van der Waals surface area contributed by atoms with Gasteiger partial charge in [0.2, 0.25) is 10.0 Å². The van der Waals surface area contributed by atoms with E-state index in [-0.39, 0.29) is 22.0 Å². The number of hydrogen-bond donors (Lipinski definition) is 2. The fourth-order valence-electron chi connectivity index (χ4n) is 1.59. The van der Waals surface area contributed by atoms with Crippen molar-refractivity contribution in [1.82, 2.24) is 14.6 Å². The van der Waals surface area contributed by atoms with Gasteiger partial charge >= 0.3 is 5.97 Å². The van der Waals surface area contributed by atoms with E-state index in [9.17, 15) is 18.0 Å². The fourth-order valence-corrected chi connectivity index (χ4v) is 4.51. The van der Waals surface area contributed by atoms with Crippen molar-refractivity contribution in [2.24, 2.45) is 0 Å². The number of sulfonamides is 1. The summed E-state index contributed by atoms with van der Waals surface area (Å²) in [6.45, 7) is 0.0239. The molecule has 23 heavy (non-hydrogen) atoms. The number of carboxylic acid groups (broad SMARTS) is 1. The summed E-state index contributed by atoms with van der Waals surface area (Å²) in [5.74, 6) is -1.69. The van der Waals surface area contributed by atoms with Crippen LogP contribution in [0, 0.1) is 0 Å². The van der Waals surface area contributed by atoms with Gasteiger partial charge in [-0.15, -0.1) is 22.7 Å². The standard InChI is InChI=1S/C12H13N3O5S3/c1-15(2)23(19,20)8-3-4-21-10(8)11(16)13-5-9-14-7(6-22-9)12(17)18/h3-4,6H,5H2,1-2H3,(H,13,16)(H,17,18). The van der Waals surface area contributed by atoms with Gasteiger partial charge in [-0.3, -0.25) is 4.79 Å². The van der Waals surface area contributed by atoms with Gasteiger partial charge in [-0.1, -0.05) is 0 Å². The summed E-state index contributed by atoms with van der Waals surface area (Å²) in [5.41, 5.74) is -0.0914. The highest BCUT2D eigenvalue weighted by Gasteiger charge is 2.26. The van der Waals surface area contributed by atoms with Gasteiger partial charge in [0, 0.05) is 19.5 Å². The van der Waals surface area contributed by atoms with Crippen molar-refractivity contribution in [2.45, 2.75) is 11.4 Å². The number of aromatic carboxylic acids is 1. The Bertz CT molecular complexity index is 838. The van der Waals surface area contributed by atoms with E-state index >= 15 is 0 Å². The molecule has 2 N–H and O–H groups in total. The Morgan fingerprint density at radius 1 is 1.35 bits per heavy atom. The first-order chi connectivity index (χ1) is 10.7. The second-order valence-corrected chi connectivity index (χ2v) is 8.49. The maximum atomic E-state index is 12.2. The van der Waals surface area contributed by atoms with E-state index in [0.29, 0.717) is 5.01 Å². The lowest BCUT2D eigenvalue weighted by Gasteiger charge is -2.11. The maximum Gasteiger partial charge on any atom is 0.355 e. The molecule has 0 unspecified atom stereocenters. The van der Waals surface area contributed by atoms with E-state index in [1.165, 1.54) is 30.9 Å². The molecule has 2 aromatic heterocycles. The second kappa shape index (κ2) is 6.74. The van der Waals surface area contributed by atoms with Crippen LogP contribution in [0.25, 0.3) is 0 Å². The largest absolute Gasteiger partial charge is 0.476 e. The summed E-state index contributed by atoms with van der Waals surface area (Å²) in [6, 6.07) is 1.38. The first-order valence-corrected chi connectivity index (χ1v) is 9.39. The third kappa shape index (κ3) is 3.75. The van der Waals surface area contributed by atoms with Gasteiger partial charge in [0.1, 0.15) is 14.8 Å². The van der Waals surface area contributed by atoms with Crippen LogP contribution < -0.4 is 5.32 Å². The molecule has 1 amide bonds. The monoisotopic (exact) mass is 375 g/mol. The first kappa shape index (κ1) is 17.5. The Morgan fingerprint density at radius 2 is 2.04 bits per heavy atom. The number of thiazole rings is 1. The minimum absolute atomic E-state index is 0.0239. The average Bonchev–Trinajstić information content (AvgIpc) is 3.13. The van der Waals surface area contributed by atoms with Crippen molar-refractivity contribution in [3.8, 4) is 0 Å². The normalized spacial score (nSPS) is 11.6. The molecule has 2 aromatic rings. The van der Waals surface area contributed by atoms with E-state index in [1.54, 1.807) is 0 Å². The van der Waals surface area contributed by atoms with Crippen molar-refractivity contribution in [3.05, 3.63) is 32.4 Å². The first-order valence-electron chi connectivity index (χ1n) is 6.19. The summed E-state index contributed by atoms with van der Waals surface area (Å²) < 4.78 is 25.3. The Hall–Kier alpha value is -1.82.